The van der Waals surface area contributed by atoms with Crippen LogP contribution in [0.2, 0.25) is 0 Å². The molecule has 59 valence electrons. The SMILES string of the molecule is Cc1ccc(C)c(C(C)[O])c1. The van der Waals surface area contributed by atoms with Crippen molar-refractivity contribution in [2.45, 2.75) is 26.9 Å². The first-order valence-corrected chi connectivity index (χ1v) is 3.84. The molecule has 0 saturated heterocycles. The molecule has 0 aliphatic carbocycles. The summed E-state index contributed by atoms with van der Waals surface area (Å²) >= 11 is 0. The van der Waals surface area contributed by atoms with E-state index in [-0.39, 0.29) is 0 Å². The molecule has 1 nitrogen and oxygen atoms in total. The fourth-order valence-corrected chi connectivity index (χ4v) is 1.20. The van der Waals surface area contributed by atoms with Crippen LogP contribution in [0, 0.1) is 13.8 Å². The molecule has 1 heteroatoms. The molecule has 0 aliphatic heterocycles. The molecule has 0 N–H and O–H groups in total. The van der Waals surface area contributed by atoms with Crippen LogP contribution < -0.4 is 0 Å². The van der Waals surface area contributed by atoms with Crippen LogP contribution in [0.25, 0.3) is 0 Å². The van der Waals surface area contributed by atoms with Gasteiger partial charge in [-0.15, -0.1) is 0 Å². The first-order chi connectivity index (χ1) is 5.11. The van der Waals surface area contributed by atoms with E-state index in [0.29, 0.717) is 0 Å². The third kappa shape index (κ3) is 1.81. The second-order valence-electron chi connectivity index (χ2n) is 3.00. The Labute approximate surface area is 67.7 Å². The molecule has 11 heavy (non-hydrogen) atoms. The monoisotopic (exact) mass is 149 g/mol. The van der Waals surface area contributed by atoms with Gasteiger partial charge in [-0.2, -0.15) is 0 Å². The molecule has 1 atom stereocenters. The number of hydrogen-bond donors (Lipinski definition) is 0. The van der Waals surface area contributed by atoms with E-state index in [9.17, 15) is 5.11 Å². The smallest absolute Gasteiger partial charge is 0.115 e. The average molecular weight is 149 g/mol. The standard InChI is InChI=1S/C10H13O/c1-7-4-5-8(2)10(6-7)9(3)11/h4-6,9H,1-3H3. The fourth-order valence-electron chi connectivity index (χ4n) is 1.20. The molecule has 0 fully saturated rings. The van der Waals surface area contributed by atoms with Gasteiger partial charge in [-0.05, 0) is 31.9 Å². The van der Waals surface area contributed by atoms with Crippen molar-refractivity contribution in [2.75, 3.05) is 0 Å². The Morgan fingerprint density at radius 1 is 1.27 bits per heavy atom. The summed E-state index contributed by atoms with van der Waals surface area (Å²) < 4.78 is 0. The molecule has 0 heterocycles. The summed E-state index contributed by atoms with van der Waals surface area (Å²) in [7, 11) is 0. The molecule has 0 aliphatic rings. The summed E-state index contributed by atoms with van der Waals surface area (Å²) in [6.07, 6.45) is -0.602. The highest BCUT2D eigenvalue weighted by Crippen LogP contribution is 2.18. The predicted octanol–water partition coefficient (Wildman–Crippen LogP) is 2.79. The normalized spacial score (nSPS) is 13.1. The third-order valence-electron chi connectivity index (χ3n) is 1.87. The Morgan fingerprint density at radius 3 is 2.36 bits per heavy atom. The van der Waals surface area contributed by atoms with Crippen LogP contribution in [0.3, 0.4) is 0 Å². The van der Waals surface area contributed by atoms with Crippen LogP contribution in [-0.4, -0.2) is 0 Å². The predicted molar refractivity (Wildman–Crippen MR) is 45.0 cm³/mol. The van der Waals surface area contributed by atoms with Crippen molar-refractivity contribution in [3.8, 4) is 0 Å². The lowest BCUT2D eigenvalue weighted by molar-refractivity contribution is 0.106. The van der Waals surface area contributed by atoms with Gasteiger partial charge < -0.3 is 0 Å². The minimum atomic E-state index is -0.602. The van der Waals surface area contributed by atoms with E-state index < -0.39 is 6.10 Å². The average Bonchev–Trinajstić information content (AvgIpc) is 1.94. The largest absolute Gasteiger partial charge is 0.228 e. The number of hydrogen-bond acceptors (Lipinski definition) is 0. The number of rotatable bonds is 1. The highest BCUT2D eigenvalue weighted by atomic mass is 16.3. The quantitative estimate of drug-likeness (QED) is 0.585. The van der Waals surface area contributed by atoms with Gasteiger partial charge in [-0.1, -0.05) is 23.8 Å². The van der Waals surface area contributed by atoms with Crippen LogP contribution >= 0.6 is 0 Å². The van der Waals surface area contributed by atoms with Gasteiger partial charge in [0.1, 0.15) is 6.10 Å². The number of aryl methyl sites for hydroxylation is 2. The van der Waals surface area contributed by atoms with Crippen LogP contribution in [0.4, 0.5) is 0 Å². The molecule has 1 unspecified atom stereocenters. The molecule has 1 aromatic carbocycles. The van der Waals surface area contributed by atoms with Gasteiger partial charge in [-0.25, -0.2) is 5.11 Å². The Hall–Kier alpha value is -0.820. The molecule has 0 spiro atoms. The van der Waals surface area contributed by atoms with E-state index in [1.54, 1.807) is 6.92 Å². The Balaban J connectivity index is 3.13. The maximum atomic E-state index is 11.1. The lowest BCUT2D eigenvalue weighted by Crippen LogP contribution is -1.93. The molecule has 0 saturated carbocycles. The second-order valence-corrected chi connectivity index (χ2v) is 3.00. The maximum Gasteiger partial charge on any atom is 0.115 e. The Morgan fingerprint density at radius 2 is 1.91 bits per heavy atom. The highest BCUT2D eigenvalue weighted by molar-refractivity contribution is 5.31. The Kier molecular flexibility index (Phi) is 2.30. The van der Waals surface area contributed by atoms with Gasteiger partial charge in [-0.3, -0.25) is 0 Å². The van der Waals surface area contributed by atoms with E-state index in [2.05, 4.69) is 0 Å². The molecule has 0 amide bonds. The fraction of sp³-hybridized carbons (Fsp3) is 0.400. The van der Waals surface area contributed by atoms with Gasteiger partial charge in [0.15, 0.2) is 0 Å². The summed E-state index contributed by atoms with van der Waals surface area (Å²) in [6.45, 7) is 5.66. The lowest BCUT2D eigenvalue weighted by Gasteiger charge is -2.07. The van der Waals surface area contributed by atoms with Gasteiger partial charge in [0, 0.05) is 0 Å². The van der Waals surface area contributed by atoms with Crippen LogP contribution in [0.1, 0.15) is 29.7 Å². The summed E-state index contributed by atoms with van der Waals surface area (Å²) in [5.74, 6) is 0. The van der Waals surface area contributed by atoms with Gasteiger partial charge >= 0.3 is 0 Å². The van der Waals surface area contributed by atoms with Gasteiger partial charge in [0.25, 0.3) is 0 Å². The van der Waals surface area contributed by atoms with Crippen LogP contribution in [-0.2, 0) is 5.11 Å². The second kappa shape index (κ2) is 3.05. The molecule has 0 bridgehead atoms. The summed E-state index contributed by atoms with van der Waals surface area (Å²) in [5.41, 5.74) is 3.18. The van der Waals surface area contributed by atoms with E-state index in [0.717, 1.165) is 16.7 Å². The zero-order valence-electron chi connectivity index (χ0n) is 7.22. The lowest BCUT2D eigenvalue weighted by atomic mass is 10.0. The first-order valence-electron chi connectivity index (χ1n) is 3.84. The van der Waals surface area contributed by atoms with E-state index in [1.165, 1.54) is 0 Å². The molecule has 1 rings (SSSR count). The maximum absolute atomic E-state index is 11.1. The van der Waals surface area contributed by atoms with Crippen molar-refractivity contribution in [2.24, 2.45) is 0 Å². The van der Waals surface area contributed by atoms with Crippen molar-refractivity contribution >= 4 is 0 Å². The highest BCUT2D eigenvalue weighted by Gasteiger charge is 2.05. The minimum Gasteiger partial charge on any atom is -0.228 e. The topological polar surface area (TPSA) is 19.9 Å². The molecule has 0 aromatic heterocycles. The van der Waals surface area contributed by atoms with Crippen LogP contribution in [0.15, 0.2) is 18.2 Å². The first kappa shape index (κ1) is 8.28. The van der Waals surface area contributed by atoms with E-state index in [4.69, 9.17) is 0 Å². The molecular weight excluding hydrogens is 136 g/mol. The minimum absolute atomic E-state index is 0.602. The summed E-state index contributed by atoms with van der Waals surface area (Å²) in [6, 6.07) is 5.99. The molecule has 1 aromatic rings. The van der Waals surface area contributed by atoms with Crippen molar-refractivity contribution in [3.05, 3.63) is 34.9 Å². The summed E-state index contributed by atoms with van der Waals surface area (Å²) in [5, 5.41) is 11.1. The van der Waals surface area contributed by atoms with Crippen molar-refractivity contribution in [3.63, 3.8) is 0 Å². The molecular formula is C10H13O. The zero-order valence-corrected chi connectivity index (χ0v) is 7.22. The van der Waals surface area contributed by atoms with E-state index in [1.807, 2.05) is 32.0 Å². The van der Waals surface area contributed by atoms with Gasteiger partial charge in [0.2, 0.25) is 0 Å². The molecule has 1 radical (unpaired) electrons. The van der Waals surface area contributed by atoms with Crippen molar-refractivity contribution in [1.82, 2.24) is 0 Å². The van der Waals surface area contributed by atoms with Crippen molar-refractivity contribution in [1.29, 1.82) is 0 Å². The van der Waals surface area contributed by atoms with Gasteiger partial charge in [0.05, 0.1) is 0 Å². The van der Waals surface area contributed by atoms with Crippen LogP contribution in [0.5, 0.6) is 0 Å². The zero-order chi connectivity index (χ0) is 8.43. The summed E-state index contributed by atoms with van der Waals surface area (Å²) in [4.78, 5) is 0. The third-order valence-corrected chi connectivity index (χ3v) is 1.87. The van der Waals surface area contributed by atoms with Crippen molar-refractivity contribution < 1.29 is 5.11 Å². The Bertz CT molecular complexity index is 251. The van der Waals surface area contributed by atoms with E-state index >= 15 is 0 Å². The number of benzene rings is 1.